The summed E-state index contributed by atoms with van der Waals surface area (Å²) in [6.07, 6.45) is 1.18. The minimum absolute atomic E-state index is 0.0842. The Morgan fingerprint density at radius 3 is 2.19 bits per heavy atom. The maximum atomic E-state index is 11.9. The second-order valence-electron chi connectivity index (χ2n) is 7.02. The van der Waals surface area contributed by atoms with Gasteiger partial charge in [0.25, 0.3) is 0 Å². The highest BCUT2D eigenvalue weighted by Crippen LogP contribution is 2.15. The lowest BCUT2D eigenvalue weighted by Gasteiger charge is -2.34. The van der Waals surface area contributed by atoms with Crippen molar-refractivity contribution >= 4 is 12.0 Å². The first kappa shape index (κ1) is 17.8. The second kappa shape index (κ2) is 7.11. The SMILES string of the molecule is CC(C)C(N)C(=O)NC1CCN(C(=O)OC(C)(C)C)CC1. The number of likely N-dealkylation sites (tertiary alicyclic amines) is 1. The van der Waals surface area contributed by atoms with E-state index in [0.717, 1.165) is 12.8 Å². The van der Waals surface area contributed by atoms with Gasteiger partial charge in [0.15, 0.2) is 0 Å². The second-order valence-corrected chi connectivity index (χ2v) is 7.02. The molecule has 0 radical (unpaired) electrons. The number of nitrogens with one attached hydrogen (secondary N) is 1. The molecule has 1 aliphatic rings. The van der Waals surface area contributed by atoms with E-state index in [1.807, 2.05) is 34.6 Å². The fraction of sp³-hybridized carbons (Fsp3) is 0.867. The summed E-state index contributed by atoms with van der Waals surface area (Å²) in [5, 5.41) is 2.96. The molecule has 0 saturated carbocycles. The molecule has 21 heavy (non-hydrogen) atoms. The molecule has 1 atom stereocenters. The van der Waals surface area contributed by atoms with Gasteiger partial charge in [-0.1, -0.05) is 13.8 Å². The molecule has 1 saturated heterocycles. The van der Waals surface area contributed by atoms with E-state index in [2.05, 4.69) is 5.32 Å². The van der Waals surface area contributed by atoms with E-state index in [0.29, 0.717) is 13.1 Å². The molecular formula is C15H29N3O3. The Bertz CT molecular complexity index is 369. The van der Waals surface area contributed by atoms with E-state index in [1.54, 1.807) is 4.90 Å². The van der Waals surface area contributed by atoms with Gasteiger partial charge in [-0.3, -0.25) is 4.79 Å². The Morgan fingerprint density at radius 1 is 1.24 bits per heavy atom. The average Bonchev–Trinajstić information content (AvgIpc) is 2.36. The summed E-state index contributed by atoms with van der Waals surface area (Å²) in [6, 6.07) is -0.394. The molecule has 6 heteroatoms. The van der Waals surface area contributed by atoms with Crippen LogP contribution in [-0.2, 0) is 9.53 Å². The van der Waals surface area contributed by atoms with Gasteiger partial charge in [0.2, 0.25) is 5.91 Å². The van der Waals surface area contributed by atoms with Crippen LogP contribution >= 0.6 is 0 Å². The van der Waals surface area contributed by atoms with Crippen molar-refractivity contribution in [1.82, 2.24) is 10.2 Å². The molecule has 0 spiro atoms. The summed E-state index contributed by atoms with van der Waals surface area (Å²) in [5.41, 5.74) is 5.35. The zero-order valence-electron chi connectivity index (χ0n) is 13.8. The molecule has 0 aromatic heterocycles. The maximum Gasteiger partial charge on any atom is 0.410 e. The highest BCUT2D eigenvalue weighted by Gasteiger charge is 2.28. The van der Waals surface area contributed by atoms with Crippen LogP contribution in [0, 0.1) is 5.92 Å². The quantitative estimate of drug-likeness (QED) is 0.827. The molecule has 1 heterocycles. The van der Waals surface area contributed by atoms with Gasteiger partial charge in [-0.05, 0) is 39.5 Å². The maximum absolute atomic E-state index is 11.9. The van der Waals surface area contributed by atoms with Crippen molar-refractivity contribution in [2.75, 3.05) is 13.1 Å². The van der Waals surface area contributed by atoms with E-state index in [9.17, 15) is 9.59 Å². The lowest BCUT2D eigenvalue weighted by atomic mass is 10.0. The van der Waals surface area contributed by atoms with Crippen molar-refractivity contribution in [3.05, 3.63) is 0 Å². The van der Waals surface area contributed by atoms with Crippen LogP contribution in [0.25, 0.3) is 0 Å². The number of hydrogen-bond acceptors (Lipinski definition) is 4. The third-order valence-corrected chi connectivity index (χ3v) is 3.51. The third-order valence-electron chi connectivity index (χ3n) is 3.51. The molecule has 1 unspecified atom stereocenters. The largest absolute Gasteiger partial charge is 0.444 e. The number of piperidine rings is 1. The fourth-order valence-electron chi connectivity index (χ4n) is 2.13. The predicted octanol–water partition coefficient (Wildman–Crippen LogP) is 1.49. The van der Waals surface area contributed by atoms with Crippen molar-refractivity contribution < 1.29 is 14.3 Å². The molecule has 1 aliphatic heterocycles. The molecule has 1 fully saturated rings. The van der Waals surface area contributed by atoms with E-state index in [4.69, 9.17) is 10.5 Å². The number of nitrogens with zero attached hydrogens (tertiary/aromatic N) is 1. The van der Waals surface area contributed by atoms with Gasteiger partial charge in [-0.15, -0.1) is 0 Å². The summed E-state index contributed by atoms with van der Waals surface area (Å²) >= 11 is 0. The first-order valence-electron chi connectivity index (χ1n) is 7.64. The molecule has 0 aliphatic carbocycles. The fourth-order valence-corrected chi connectivity index (χ4v) is 2.13. The zero-order valence-corrected chi connectivity index (χ0v) is 13.8. The molecule has 0 aromatic carbocycles. The van der Waals surface area contributed by atoms with Crippen molar-refractivity contribution in [1.29, 1.82) is 0 Å². The molecule has 1 rings (SSSR count). The number of nitrogens with two attached hydrogens (primary N) is 1. The van der Waals surface area contributed by atoms with E-state index < -0.39 is 11.6 Å². The van der Waals surface area contributed by atoms with Gasteiger partial charge in [-0.25, -0.2) is 4.79 Å². The van der Waals surface area contributed by atoms with Crippen LogP contribution in [0.4, 0.5) is 4.79 Å². The third kappa shape index (κ3) is 5.91. The smallest absolute Gasteiger partial charge is 0.410 e. The monoisotopic (exact) mass is 299 g/mol. The topological polar surface area (TPSA) is 84.7 Å². The van der Waals surface area contributed by atoms with Gasteiger partial charge in [0, 0.05) is 19.1 Å². The summed E-state index contributed by atoms with van der Waals surface area (Å²) in [4.78, 5) is 25.5. The molecular weight excluding hydrogens is 270 g/mol. The Kier molecular flexibility index (Phi) is 6.01. The Balaban J connectivity index is 2.39. The number of hydrogen-bond donors (Lipinski definition) is 2. The van der Waals surface area contributed by atoms with Crippen molar-refractivity contribution in [3.63, 3.8) is 0 Å². The normalized spacial score (nSPS) is 18.5. The average molecular weight is 299 g/mol. The first-order valence-corrected chi connectivity index (χ1v) is 7.64. The Morgan fingerprint density at radius 2 is 1.76 bits per heavy atom. The van der Waals surface area contributed by atoms with Crippen LogP contribution in [0.1, 0.15) is 47.5 Å². The van der Waals surface area contributed by atoms with Crippen LogP contribution in [0.5, 0.6) is 0 Å². The summed E-state index contributed by atoms with van der Waals surface area (Å²) in [6.45, 7) is 10.6. The molecule has 6 nitrogen and oxygen atoms in total. The van der Waals surface area contributed by atoms with Crippen molar-refractivity contribution in [3.8, 4) is 0 Å². The van der Waals surface area contributed by atoms with E-state index in [1.165, 1.54) is 0 Å². The number of ether oxygens (including phenoxy) is 1. The molecule has 122 valence electrons. The predicted molar refractivity (Wildman–Crippen MR) is 81.8 cm³/mol. The highest BCUT2D eigenvalue weighted by molar-refractivity contribution is 5.82. The lowest BCUT2D eigenvalue weighted by molar-refractivity contribution is -0.124. The zero-order chi connectivity index (χ0) is 16.2. The highest BCUT2D eigenvalue weighted by atomic mass is 16.6. The van der Waals surface area contributed by atoms with Gasteiger partial charge in [-0.2, -0.15) is 0 Å². The van der Waals surface area contributed by atoms with Gasteiger partial charge < -0.3 is 20.7 Å². The standard InChI is InChI=1S/C15H29N3O3/c1-10(2)12(16)13(19)17-11-6-8-18(9-7-11)14(20)21-15(3,4)5/h10-12H,6-9,16H2,1-5H3,(H,17,19). The Hall–Kier alpha value is -1.30. The molecule has 0 bridgehead atoms. The van der Waals surface area contributed by atoms with Crippen molar-refractivity contribution in [2.24, 2.45) is 11.7 Å². The lowest BCUT2D eigenvalue weighted by Crippen LogP contribution is -2.52. The van der Waals surface area contributed by atoms with Gasteiger partial charge >= 0.3 is 6.09 Å². The van der Waals surface area contributed by atoms with Gasteiger partial charge in [0.05, 0.1) is 6.04 Å². The first-order chi connectivity index (χ1) is 9.60. The summed E-state index contributed by atoms with van der Waals surface area (Å²) in [5.74, 6) is 0.00701. The minimum atomic E-state index is -0.480. The molecule has 3 N–H and O–H groups in total. The van der Waals surface area contributed by atoms with E-state index in [-0.39, 0.29) is 24.0 Å². The number of amides is 2. The van der Waals surface area contributed by atoms with Crippen LogP contribution in [-0.4, -0.2) is 47.7 Å². The number of carbonyl (C=O) groups is 2. The van der Waals surface area contributed by atoms with Crippen LogP contribution in [0.3, 0.4) is 0 Å². The Labute approximate surface area is 127 Å². The molecule has 2 amide bonds. The van der Waals surface area contributed by atoms with Gasteiger partial charge in [0.1, 0.15) is 5.60 Å². The van der Waals surface area contributed by atoms with Crippen molar-refractivity contribution in [2.45, 2.75) is 65.1 Å². The number of carbonyl (C=O) groups excluding carboxylic acids is 2. The van der Waals surface area contributed by atoms with E-state index >= 15 is 0 Å². The summed E-state index contributed by atoms with van der Waals surface area (Å²) in [7, 11) is 0. The van der Waals surface area contributed by atoms with Crippen LogP contribution in [0.2, 0.25) is 0 Å². The van der Waals surface area contributed by atoms with Crippen LogP contribution in [0.15, 0.2) is 0 Å². The molecule has 0 aromatic rings. The van der Waals surface area contributed by atoms with Crippen LogP contribution < -0.4 is 11.1 Å². The summed E-state index contributed by atoms with van der Waals surface area (Å²) < 4.78 is 5.34. The minimum Gasteiger partial charge on any atom is -0.444 e. The number of rotatable bonds is 3.